The van der Waals surface area contributed by atoms with E-state index in [-0.39, 0.29) is 0 Å². The molecule has 0 amide bonds. The number of aromatic nitrogens is 2. The molecule has 3 N–H and O–H groups in total. The summed E-state index contributed by atoms with van der Waals surface area (Å²) in [6.45, 7) is 1.73. The van der Waals surface area contributed by atoms with Crippen LogP contribution in [0.25, 0.3) is 0 Å². The van der Waals surface area contributed by atoms with E-state index in [0.717, 1.165) is 31.7 Å². The van der Waals surface area contributed by atoms with Crippen LogP contribution in [0.1, 0.15) is 19.3 Å². The number of anilines is 1. The Hall–Kier alpha value is -1.16. The number of nitrogens with zero attached hydrogens (tertiary/aromatic N) is 2. The van der Waals surface area contributed by atoms with Crippen LogP contribution in [-0.2, 0) is 0 Å². The third kappa shape index (κ3) is 4.42. The molecule has 0 atom stereocenters. The Kier molecular flexibility index (Phi) is 4.86. The van der Waals surface area contributed by atoms with E-state index in [4.69, 9.17) is 5.73 Å². The Morgan fingerprint density at radius 1 is 1.31 bits per heavy atom. The van der Waals surface area contributed by atoms with Gasteiger partial charge in [-0.25, -0.2) is 0 Å². The van der Waals surface area contributed by atoms with Gasteiger partial charge in [-0.3, -0.25) is 0 Å². The minimum atomic E-state index is 0.783. The van der Waals surface area contributed by atoms with Gasteiger partial charge in [0.05, 0.1) is 0 Å². The topological polar surface area (TPSA) is 63.8 Å². The molecule has 1 aromatic heterocycles. The molecule has 0 bridgehead atoms. The zero-order chi connectivity index (χ0) is 9.36. The van der Waals surface area contributed by atoms with E-state index in [1.165, 1.54) is 6.42 Å². The second-order valence-electron chi connectivity index (χ2n) is 2.89. The van der Waals surface area contributed by atoms with Gasteiger partial charge in [-0.05, 0) is 31.5 Å². The largest absolute Gasteiger partial charge is 0.369 e. The average molecular weight is 180 g/mol. The van der Waals surface area contributed by atoms with E-state index >= 15 is 0 Å². The fraction of sp³-hybridized carbons (Fsp3) is 0.556. The number of unbranched alkanes of at least 4 members (excludes halogenated alkanes) is 2. The van der Waals surface area contributed by atoms with Gasteiger partial charge in [0, 0.05) is 12.7 Å². The summed E-state index contributed by atoms with van der Waals surface area (Å²) in [5.74, 6) is 0.843. The highest BCUT2D eigenvalue weighted by molar-refractivity contribution is 5.30. The van der Waals surface area contributed by atoms with Gasteiger partial charge in [-0.15, -0.1) is 5.10 Å². The summed E-state index contributed by atoms with van der Waals surface area (Å²) in [4.78, 5) is 0. The summed E-state index contributed by atoms with van der Waals surface area (Å²) in [5.41, 5.74) is 5.38. The zero-order valence-electron chi connectivity index (χ0n) is 7.74. The first-order valence-electron chi connectivity index (χ1n) is 4.65. The summed E-state index contributed by atoms with van der Waals surface area (Å²) in [5, 5.41) is 10.9. The second kappa shape index (κ2) is 6.37. The summed E-state index contributed by atoms with van der Waals surface area (Å²) in [7, 11) is 0. The maximum absolute atomic E-state index is 5.38. The molecule has 0 aliphatic carbocycles. The Balaban J connectivity index is 2.07. The van der Waals surface area contributed by atoms with Crippen LogP contribution >= 0.6 is 0 Å². The lowest BCUT2D eigenvalue weighted by Crippen LogP contribution is -2.05. The van der Waals surface area contributed by atoms with Crippen molar-refractivity contribution in [3.8, 4) is 0 Å². The lowest BCUT2D eigenvalue weighted by molar-refractivity contribution is 0.705. The van der Waals surface area contributed by atoms with Crippen LogP contribution in [0.3, 0.4) is 0 Å². The molecule has 4 nitrogen and oxygen atoms in total. The SMILES string of the molecule is NCCCCCNc1cccnn1. The van der Waals surface area contributed by atoms with E-state index in [0.29, 0.717) is 0 Å². The molecular weight excluding hydrogens is 164 g/mol. The van der Waals surface area contributed by atoms with E-state index in [2.05, 4.69) is 15.5 Å². The Bertz CT molecular complexity index is 212. The molecule has 4 heteroatoms. The molecule has 0 unspecified atom stereocenters. The van der Waals surface area contributed by atoms with Crippen molar-refractivity contribution in [3.05, 3.63) is 18.3 Å². The molecule has 1 rings (SSSR count). The fourth-order valence-electron chi connectivity index (χ4n) is 1.06. The molecule has 0 fully saturated rings. The minimum absolute atomic E-state index is 0.783. The quantitative estimate of drug-likeness (QED) is 0.641. The van der Waals surface area contributed by atoms with Crippen LogP contribution in [0.15, 0.2) is 18.3 Å². The Labute approximate surface area is 78.6 Å². The van der Waals surface area contributed by atoms with Crippen LogP contribution in [0.2, 0.25) is 0 Å². The van der Waals surface area contributed by atoms with Crippen molar-refractivity contribution in [1.82, 2.24) is 10.2 Å². The van der Waals surface area contributed by atoms with Crippen molar-refractivity contribution in [3.63, 3.8) is 0 Å². The summed E-state index contributed by atoms with van der Waals surface area (Å²) < 4.78 is 0. The lowest BCUT2D eigenvalue weighted by Gasteiger charge is -2.02. The first-order valence-corrected chi connectivity index (χ1v) is 4.65. The van der Waals surface area contributed by atoms with E-state index in [1.807, 2.05) is 12.1 Å². The van der Waals surface area contributed by atoms with Gasteiger partial charge in [-0.2, -0.15) is 5.10 Å². The molecule has 72 valence electrons. The summed E-state index contributed by atoms with van der Waals surface area (Å²) in [6.07, 6.45) is 5.07. The van der Waals surface area contributed by atoms with Crippen LogP contribution in [-0.4, -0.2) is 23.3 Å². The standard InChI is InChI=1S/C9H16N4/c10-6-2-1-3-7-11-9-5-4-8-12-13-9/h4-5,8H,1-3,6-7,10H2,(H,11,13). The van der Waals surface area contributed by atoms with Gasteiger partial charge in [0.1, 0.15) is 5.82 Å². The van der Waals surface area contributed by atoms with Crippen molar-refractivity contribution in [1.29, 1.82) is 0 Å². The molecule has 13 heavy (non-hydrogen) atoms. The van der Waals surface area contributed by atoms with Crippen LogP contribution in [0.4, 0.5) is 5.82 Å². The van der Waals surface area contributed by atoms with Crippen LogP contribution in [0, 0.1) is 0 Å². The third-order valence-electron chi connectivity index (χ3n) is 1.76. The molecule has 1 heterocycles. The van der Waals surface area contributed by atoms with Crippen molar-refractivity contribution in [2.24, 2.45) is 5.73 Å². The molecule has 0 saturated carbocycles. The van der Waals surface area contributed by atoms with Crippen molar-refractivity contribution in [2.75, 3.05) is 18.4 Å². The van der Waals surface area contributed by atoms with E-state index in [9.17, 15) is 0 Å². The van der Waals surface area contributed by atoms with Gasteiger partial charge >= 0.3 is 0 Å². The normalized spacial score (nSPS) is 9.92. The van der Waals surface area contributed by atoms with Gasteiger partial charge in [0.15, 0.2) is 0 Å². The van der Waals surface area contributed by atoms with Crippen molar-refractivity contribution in [2.45, 2.75) is 19.3 Å². The fourth-order valence-corrected chi connectivity index (χ4v) is 1.06. The number of rotatable bonds is 6. The van der Waals surface area contributed by atoms with E-state index < -0.39 is 0 Å². The zero-order valence-corrected chi connectivity index (χ0v) is 7.74. The third-order valence-corrected chi connectivity index (χ3v) is 1.76. The Morgan fingerprint density at radius 2 is 2.23 bits per heavy atom. The number of hydrogen-bond donors (Lipinski definition) is 2. The molecule has 0 aromatic carbocycles. The molecule has 0 aliphatic heterocycles. The number of nitrogens with one attached hydrogen (secondary N) is 1. The highest BCUT2D eigenvalue weighted by Crippen LogP contribution is 1.99. The number of nitrogens with two attached hydrogens (primary N) is 1. The highest BCUT2D eigenvalue weighted by atomic mass is 15.2. The van der Waals surface area contributed by atoms with Gasteiger partial charge < -0.3 is 11.1 Å². The molecular formula is C9H16N4. The molecule has 0 radical (unpaired) electrons. The maximum Gasteiger partial charge on any atom is 0.148 e. The van der Waals surface area contributed by atoms with Crippen LogP contribution in [0.5, 0.6) is 0 Å². The smallest absolute Gasteiger partial charge is 0.148 e. The van der Waals surface area contributed by atoms with Crippen molar-refractivity contribution >= 4 is 5.82 Å². The average Bonchev–Trinajstić information content (AvgIpc) is 2.19. The predicted molar refractivity (Wildman–Crippen MR) is 53.4 cm³/mol. The molecule has 0 spiro atoms. The van der Waals surface area contributed by atoms with Gasteiger partial charge in [0.25, 0.3) is 0 Å². The predicted octanol–water partition coefficient (Wildman–Crippen LogP) is 1.02. The first kappa shape index (κ1) is 9.92. The Morgan fingerprint density at radius 3 is 2.92 bits per heavy atom. The van der Waals surface area contributed by atoms with Gasteiger partial charge in [-0.1, -0.05) is 6.42 Å². The summed E-state index contributed by atoms with van der Waals surface area (Å²) >= 11 is 0. The maximum atomic E-state index is 5.38. The molecule has 1 aromatic rings. The minimum Gasteiger partial charge on any atom is -0.369 e. The lowest BCUT2D eigenvalue weighted by atomic mass is 10.2. The van der Waals surface area contributed by atoms with Crippen LogP contribution < -0.4 is 11.1 Å². The first-order chi connectivity index (χ1) is 6.43. The van der Waals surface area contributed by atoms with Gasteiger partial charge in [0.2, 0.25) is 0 Å². The number of hydrogen-bond acceptors (Lipinski definition) is 4. The highest BCUT2D eigenvalue weighted by Gasteiger charge is 1.91. The second-order valence-corrected chi connectivity index (χ2v) is 2.89. The molecule has 0 aliphatic rings. The summed E-state index contributed by atoms with van der Waals surface area (Å²) in [6, 6.07) is 3.78. The monoisotopic (exact) mass is 180 g/mol. The van der Waals surface area contributed by atoms with Crippen molar-refractivity contribution < 1.29 is 0 Å². The molecule has 0 saturated heterocycles. The van der Waals surface area contributed by atoms with E-state index in [1.54, 1.807) is 6.20 Å².